The normalized spacial score (nSPS) is 26.2. The van der Waals surface area contributed by atoms with Gasteiger partial charge in [0.15, 0.2) is 0 Å². The molecule has 0 aliphatic carbocycles. The van der Waals surface area contributed by atoms with Gasteiger partial charge in [-0.2, -0.15) is 0 Å². The molecule has 0 spiro atoms. The molecule has 0 N–H and O–H groups in total. The summed E-state index contributed by atoms with van der Waals surface area (Å²) >= 11 is 0. The summed E-state index contributed by atoms with van der Waals surface area (Å²) in [6.45, 7) is 1.84. The molecule has 0 aromatic rings. The van der Waals surface area contributed by atoms with Gasteiger partial charge in [0.05, 0.1) is 0 Å². The molecule has 0 bridgehead atoms. The highest BCUT2D eigenvalue weighted by molar-refractivity contribution is 5.74. The third-order valence-electron chi connectivity index (χ3n) is 1.26. The molecule has 0 fully saturated rings. The zero-order valence-corrected chi connectivity index (χ0v) is 5.50. The lowest BCUT2D eigenvalue weighted by Gasteiger charge is -2.07. The van der Waals surface area contributed by atoms with E-state index in [4.69, 9.17) is 4.84 Å². The molecule has 0 aromatic heterocycles. The van der Waals surface area contributed by atoms with E-state index in [0.29, 0.717) is 5.57 Å². The van der Waals surface area contributed by atoms with Gasteiger partial charge in [-0.15, -0.1) is 0 Å². The van der Waals surface area contributed by atoms with Crippen molar-refractivity contribution in [1.82, 2.24) is 5.06 Å². The predicted octanol–water partition coefficient (Wildman–Crippen LogP) is 0.335. The van der Waals surface area contributed by atoms with Gasteiger partial charge in [-0.1, -0.05) is 0 Å². The fourth-order valence-corrected chi connectivity index (χ4v) is 0.782. The van der Waals surface area contributed by atoms with Crippen molar-refractivity contribution < 1.29 is 9.63 Å². The van der Waals surface area contributed by atoms with Gasteiger partial charge in [-0.3, -0.25) is 14.7 Å². The Morgan fingerprint density at radius 3 is 2.78 bits per heavy atom. The van der Waals surface area contributed by atoms with Crippen LogP contribution in [0.25, 0.3) is 0 Å². The highest BCUT2D eigenvalue weighted by Gasteiger charge is 2.17. The van der Waals surface area contributed by atoms with E-state index in [1.165, 1.54) is 5.06 Å². The van der Waals surface area contributed by atoms with Crippen LogP contribution in [0.1, 0.15) is 6.92 Å². The monoisotopic (exact) mass is 127 g/mol. The fraction of sp³-hybridized carbons (Fsp3) is 0.500. The number of aldehydes is 1. The van der Waals surface area contributed by atoms with Crippen molar-refractivity contribution in [1.29, 1.82) is 0 Å². The SMILES string of the molecule is CC1ON(C)C=C1C=O. The van der Waals surface area contributed by atoms with E-state index in [9.17, 15) is 4.79 Å². The Labute approximate surface area is 53.9 Å². The predicted molar refractivity (Wildman–Crippen MR) is 32.5 cm³/mol. The van der Waals surface area contributed by atoms with E-state index in [1.807, 2.05) is 6.92 Å². The van der Waals surface area contributed by atoms with Crippen LogP contribution < -0.4 is 0 Å². The van der Waals surface area contributed by atoms with Crippen molar-refractivity contribution in [3.05, 3.63) is 11.8 Å². The van der Waals surface area contributed by atoms with Gasteiger partial charge >= 0.3 is 0 Å². The zero-order valence-electron chi connectivity index (χ0n) is 5.50. The molecule has 1 aliphatic heterocycles. The summed E-state index contributed by atoms with van der Waals surface area (Å²) in [5.41, 5.74) is 0.692. The molecule has 0 amide bonds. The first-order valence-electron chi connectivity index (χ1n) is 2.80. The minimum Gasteiger partial charge on any atom is -0.298 e. The van der Waals surface area contributed by atoms with Crippen LogP contribution >= 0.6 is 0 Å². The first-order valence-corrected chi connectivity index (χ1v) is 2.80. The number of hydroxylamine groups is 2. The summed E-state index contributed by atoms with van der Waals surface area (Å²) in [5, 5.41) is 1.54. The Morgan fingerprint density at radius 2 is 2.56 bits per heavy atom. The molecule has 0 radical (unpaired) electrons. The lowest BCUT2D eigenvalue weighted by atomic mass is 10.2. The van der Waals surface area contributed by atoms with E-state index in [-0.39, 0.29) is 6.10 Å². The third-order valence-corrected chi connectivity index (χ3v) is 1.26. The lowest BCUT2D eigenvalue weighted by molar-refractivity contribution is -0.113. The van der Waals surface area contributed by atoms with Gasteiger partial charge in [-0.05, 0) is 6.92 Å². The number of hydrogen-bond donors (Lipinski definition) is 0. The van der Waals surface area contributed by atoms with Crippen LogP contribution in [0.4, 0.5) is 0 Å². The van der Waals surface area contributed by atoms with Crippen molar-refractivity contribution in [2.45, 2.75) is 13.0 Å². The molecular weight excluding hydrogens is 118 g/mol. The van der Waals surface area contributed by atoms with E-state index in [2.05, 4.69) is 0 Å². The van der Waals surface area contributed by atoms with E-state index in [0.717, 1.165) is 6.29 Å². The quantitative estimate of drug-likeness (QED) is 0.475. The summed E-state index contributed by atoms with van der Waals surface area (Å²) in [5.74, 6) is 0. The molecule has 3 nitrogen and oxygen atoms in total. The van der Waals surface area contributed by atoms with Crippen LogP contribution in [0, 0.1) is 0 Å². The Hall–Kier alpha value is -0.830. The highest BCUT2D eigenvalue weighted by atomic mass is 16.7. The van der Waals surface area contributed by atoms with Gasteiger partial charge in [-0.25, -0.2) is 0 Å². The van der Waals surface area contributed by atoms with Crippen LogP contribution in [0.3, 0.4) is 0 Å². The fourth-order valence-electron chi connectivity index (χ4n) is 0.782. The van der Waals surface area contributed by atoms with E-state index >= 15 is 0 Å². The number of carbonyl (C=O) groups is 1. The van der Waals surface area contributed by atoms with E-state index < -0.39 is 0 Å². The molecule has 1 aliphatic rings. The highest BCUT2D eigenvalue weighted by Crippen LogP contribution is 2.13. The maximum atomic E-state index is 10.2. The molecule has 1 heterocycles. The average molecular weight is 127 g/mol. The van der Waals surface area contributed by atoms with Crippen molar-refractivity contribution in [2.24, 2.45) is 0 Å². The molecule has 1 rings (SSSR count). The maximum absolute atomic E-state index is 10.2. The number of carbonyl (C=O) groups excluding carboxylic acids is 1. The Kier molecular flexibility index (Phi) is 1.53. The Bertz CT molecular complexity index is 153. The number of rotatable bonds is 1. The molecule has 1 atom stereocenters. The van der Waals surface area contributed by atoms with Crippen LogP contribution in [0.2, 0.25) is 0 Å². The Balaban J connectivity index is 2.68. The molecule has 0 aromatic carbocycles. The van der Waals surface area contributed by atoms with Crippen molar-refractivity contribution >= 4 is 6.29 Å². The second kappa shape index (κ2) is 2.19. The van der Waals surface area contributed by atoms with Crippen LogP contribution in [0.15, 0.2) is 11.8 Å². The Morgan fingerprint density at radius 1 is 1.89 bits per heavy atom. The van der Waals surface area contributed by atoms with Gasteiger partial charge in [0.25, 0.3) is 0 Å². The van der Waals surface area contributed by atoms with Gasteiger partial charge in [0.1, 0.15) is 12.4 Å². The molecule has 0 saturated carbocycles. The number of nitrogens with zero attached hydrogens (tertiary/aromatic N) is 1. The second-order valence-corrected chi connectivity index (χ2v) is 2.04. The van der Waals surface area contributed by atoms with Crippen molar-refractivity contribution in [2.75, 3.05) is 7.05 Å². The summed E-state index contributed by atoms with van der Waals surface area (Å²) < 4.78 is 0. The molecule has 3 heteroatoms. The first kappa shape index (κ1) is 6.29. The molecule has 0 saturated heterocycles. The second-order valence-electron chi connectivity index (χ2n) is 2.04. The van der Waals surface area contributed by atoms with Gasteiger partial charge in [0, 0.05) is 18.8 Å². The smallest absolute Gasteiger partial charge is 0.150 e. The van der Waals surface area contributed by atoms with E-state index in [1.54, 1.807) is 13.2 Å². The minimum absolute atomic E-state index is 0.0764. The molecule has 1 unspecified atom stereocenters. The van der Waals surface area contributed by atoms with Gasteiger partial charge < -0.3 is 0 Å². The van der Waals surface area contributed by atoms with Crippen LogP contribution in [0.5, 0.6) is 0 Å². The number of hydrogen-bond acceptors (Lipinski definition) is 3. The summed E-state index contributed by atoms with van der Waals surface area (Å²) in [6, 6.07) is 0. The maximum Gasteiger partial charge on any atom is 0.150 e. The van der Waals surface area contributed by atoms with Crippen LogP contribution in [-0.2, 0) is 9.63 Å². The summed E-state index contributed by atoms with van der Waals surface area (Å²) in [6.07, 6.45) is 2.42. The largest absolute Gasteiger partial charge is 0.298 e. The summed E-state index contributed by atoms with van der Waals surface area (Å²) in [7, 11) is 1.76. The molecular formula is C6H9NO2. The zero-order chi connectivity index (χ0) is 6.85. The topological polar surface area (TPSA) is 29.5 Å². The van der Waals surface area contributed by atoms with Gasteiger partial charge in [0.2, 0.25) is 0 Å². The standard InChI is InChI=1S/C6H9NO2/c1-5-6(4-8)3-7(2)9-5/h3-5H,1-2H3. The molecule has 9 heavy (non-hydrogen) atoms. The summed E-state index contributed by atoms with van der Waals surface area (Å²) in [4.78, 5) is 15.3. The molecule has 50 valence electrons. The van der Waals surface area contributed by atoms with Crippen LogP contribution in [-0.4, -0.2) is 24.5 Å². The van der Waals surface area contributed by atoms with Crippen molar-refractivity contribution in [3.8, 4) is 0 Å². The average Bonchev–Trinajstić information content (AvgIpc) is 2.10. The third kappa shape index (κ3) is 1.10. The first-order chi connectivity index (χ1) is 4.24. The minimum atomic E-state index is -0.0764. The lowest BCUT2D eigenvalue weighted by Crippen LogP contribution is -2.11. The van der Waals surface area contributed by atoms with Crippen molar-refractivity contribution in [3.63, 3.8) is 0 Å².